The standard InChI is InChI=1S/C14H19ClFNO/c1-3-14(2)9-11(6-7-18-14)17-10-4-5-13(16)12(15)8-10/h4-5,8,11,17H,3,6-7,9H2,1-2H3. The third-order valence-electron chi connectivity index (χ3n) is 3.63. The third kappa shape index (κ3) is 3.15. The highest BCUT2D eigenvalue weighted by atomic mass is 35.5. The van der Waals surface area contributed by atoms with Crippen molar-refractivity contribution in [2.45, 2.75) is 44.8 Å². The second-order valence-electron chi connectivity index (χ2n) is 5.11. The molecular formula is C14H19ClFNO. The highest BCUT2D eigenvalue weighted by Gasteiger charge is 2.31. The van der Waals surface area contributed by atoms with E-state index in [1.165, 1.54) is 6.07 Å². The Morgan fingerprint density at radius 3 is 3.00 bits per heavy atom. The van der Waals surface area contributed by atoms with Crippen molar-refractivity contribution in [1.82, 2.24) is 0 Å². The maximum Gasteiger partial charge on any atom is 0.141 e. The molecule has 1 saturated heterocycles. The molecule has 1 aromatic rings. The zero-order valence-electron chi connectivity index (χ0n) is 10.8. The molecule has 0 aromatic heterocycles. The van der Waals surface area contributed by atoms with Crippen molar-refractivity contribution >= 4 is 17.3 Å². The van der Waals surface area contributed by atoms with E-state index >= 15 is 0 Å². The number of benzene rings is 1. The van der Waals surface area contributed by atoms with Crippen LogP contribution >= 0.6 is 11.6 Å². The minimum Gasteiger partial charge on any atom is -0.382 e. The van der Waals surface area contributed by atoms with E-state index in [0.29, 0.717) is 6.04 Å². The van der Waals surface area contributed by atoms with Crippen LogP contribution < -0.4 is 5.32 Å². The molecule has 1 aliphatic heterocycles. The van der Waals surface area contributed by atoms with Crippen molar-refractivity contribution < 1.29 is 9.13 Å². The highest BCUT2D eigenvalue weighted by molar-refractivity contribution is 6.31. The predicted molar refractivity (Wildman–Crippen MR) is 72.7 cm³/mol. The number of anilines is 1. The summed E-state index contributed by atoms with van der Waals surface area (Å²) in [6.45, 7) is 5.03. The van der Waals surface area contributed by atoms with Crippen LogP contribution in [0.15, 0.2) is 18.2 Å². The van der Waals surface area contributed by atoms with Crippen LogP contribution in [0.5, 0.6) is 0 Å². The topological polar surface area (TPSA) is 21.3 Å². The van der Waals surface area contributed by atoms with Gasteiger partial charge in [0.05, 0.1) is 10.6 Å². The number of rotatable bonds is 3. The van der Waals surface area contributed by atoms with E-state index in [2.05, 4.69) is 19.2 Å². The molecule has 1 fully saturated rings. The fraction of sp³-hybridized carbons (Fsp3) is 0.571. The lowest BCUT2D eigenvalue weighted by molar-refractivity contribution is -0.0708. The van der Waals surface area contributed by atoms with Crippen LogP contribution in [0.3, 0.4) is 0 Å². The van der Waals surface area contributed by atoms with Crippen LogP contribution in [-0.2, 0) is 4.74 Å². The SMILES string of the molecule is CCC1(C)CC(Nc2ccc(F)c(Cl)c2)CCO1. The Labute approximate surface area is 112 Å². The molecule has 1 N–H and O–H groups in total. The summed E-state index contributed by atoms with van der Waals surface area (Å²) in [6, 6.07) is 5.10. The van der Waals surface area contributed by atoms with E-state index in [4.69, 9.17) is 16.3 Å². The van der Waals surface area contributed by atoms with Crippen molar-refractivity contribution in [1.29, 1.82) is 0 Å². The van der Waals surface area contributed by atoms with Crippen LogP contribution in [0.1, 0.15) is 33.1 Å². The molecule has 0 spiro atoms. The van der Waals surface area contributed by atoms with Gasteiger partial charge in [-0.25, -0.2) is 4.39 Å². The van der Waals surface area contributed by atoms with Gasteiger partial charge in [-0.1, -0.05) is 18.5 Å². The van der Waals surface area contributed by atoms with Gasteiger partial charge in [0.1, 0.15) is 5.82 Å². The first-order valence-corrected chi connectivity index (χ1v) is 6.76. The molecule has 1 heterocycles. The van der Waals surface area contributed by atoms with Gasteiger partial charge in [-0.2, -0.15) is 0 Å². The molecule has 2 atom stereocenters. The van der Waals surface area contributed by atoms with Gasteiger partial charge < -0.3 is 10.1 Å². The van der Waals surface area contributed by atoms with Gasteiger partial charge in [0.2, 0.25) is 0 Å². The summed E-state index contributed by atoms with van der Waals surface area (Å²) >= 11 is 5.78. The Balaban J connectivity index is 2.02. The van der Waals surface area contributed by atoms with Crippen LogP contribution in [0.2, 0.25) is 5.02 Å². The quantitative estimate of drug-likeness (QED) is 0.888. The average molecular weight is 272 g/mol. The Hall–Kier alpha value is -0.800. The second-order valence-corrected chi connectivity index (χ2v) is 5.52. The molecule has 2 nitrogen and oxygen atoms in total. The largest absolute Gasteiger partial charge is 0.382 e. The maximum absolute atomic E-state index is 13.1. The predicted octanol–water partition coefficient (Wildman–Crippen LogP) is 4.24. The van der Waals surface area contributed by atoms with Crippen LogP contribution in [0, 0.1) is 5.82 Å². The zero-order valence-corrected chi connectivity index (χ0v) is 11.6. The molecule has 0 aliphatic carbocycles. The van der Waals surface area contributed by atoms with Crippen LogP contribution in [0.25, 0.3) is 0 Å². The first-order chi connectivity index (χ1) is 8.52. The first kappa shape index (κ1) is 13.6. The van der Waals surface area contributed by atoms with Gasteiger partial charge in [-0.15, -0.1) is 0 Å². The summed E-state index contributed by atoms with van der Waals surface area (Å²) in [5, 5.41) is 3.56. The summed E-state index contributed by atoms with van der Waals surface area (Å²) in [4.78, 5) is 0. The first-order valence-electron chi connectivity index (χ1n) is 6.38. The Morgan fingerprint density at radius 2 is 2.33 bits per heavy atom. The Kier molecular flexibility index (Phi) is 4.13. The molecular weight excluding hydrogens is 253 g/mol. The highest BCUT2D eigenvalue weighted by Crippen LogP contribution is 2.30. The zero-order chi connectivity index (χ0) is 13.2. The average Bonchev–Trinajstić information content (AvgIpc) is 2.34. The van der Waals surface area contributed by atoms with Gasteiger partial charge in [-0.3, -0.25) is 0 Å². The fourth-order valence-electron chi connectivity index (χ4n) is 2.32. The summed E-state index contributed by atoms with van der Waals surface area (Å²) in [7, 11) is 0. The van der Waals surface area contributed by atoms with E-state index in [0.717, 1.165) is 31.6 Å². The summed E-state index contributed by atoms with van der Waals surface area (Å²) in [5.41, 5.74) is 0.812. The molecule has 100 valence electrons. The second kappa shape index (κ2) is 5.45. The smallest absolute Gasteiger partial charge is 0.141 e. The van der Waals surface area contributed by atoms with Gasteiger partial charge in [-0.05, 0) is 44.4 Å². The molecule has 1 aliphatic rings. The van der Waals surface area contributed by atoms with Crippen LogP contribution in [-0.4, -0.2) is 18.2 Å². The lowest BCUT2D eigenvalue weighted by Crippen LogP contribution is -2.41. The summed E-state index contributed by atoms with van der Waals surface area (Å²) in [6.07, 6.45) is 2.92. The van der Waals surface area contributed by atoms with Gasteiger partial charge >= 0.3 is 0 Å². The molecule has 2 rings (SSSR count). The van der Waals surface area contributed by atoms with Crippen molar-refractivity contribution in [3.8, 4) is 0 Å². The number of halogens is 2. The Morgan fingerprint density at radius 1 is 1.56 bits per heavy atom. The third-order valence-corrected chi connectivity index (χ3v) is 3.92. The lowest BCUT2D eigenvalue weighted by atomic mass is 9.90. The minimum atomic E-state index is -0.382. The number of ether oxygens (including phenoxy) is 1. The number of nitrogens with one attached hydrogen (secondary N) is 1. The van der Waals surface area contributed by atoms with Gasteiger partial charge in [0.15, 0.2) is 0 Å². The van der Waals surface area contributed by atoms with Crippen molar-refractivity contribution in [3.05, 3.63) is 29.0 Å². The molecule has 4 heteroatoms. The number of hydrogen-bond donors (Lipinski definition) is 1. The fourth-order valence-corrected chi connectivity index (χ4v) is 2.50. The van der Waals surface area contributed by atoms with Crippen molar-refractivity contribution in [2.75, 3.05) is 11.9 Å². The molecule has 0 amide bonds. The van der Waals surface area contributed by atoms with Crippen molar-refractivity contribution in [2.24, 2.45) is 0 Å². The van der Waals surface area contributed by atoms with E-state index in [1.807, 2.05) is 0 Å². The minimum absolute atomic E-state index is 0.0558. The normalized spacial score (nSPS) is 28.1. The molecule has 0 bridgehead atoms. The van der Waals surface area contributed by atoms with Crippen molar-refractivity contribution in [3.63, 3.8) is 0 Å². The molecule has 18 heavy (non-hydrogen) atoms. The lowest BCUT2D eigenvalue weighted by Gasteiger charge is -2.38. The Bertz CT molecular complexity index is 426. The monoisotopic (exact) mass is 271 g/mol. The summed E-state index contributed by atoms with van der Waals surface area (Å²) in [5.74, 6) is -0.382. The van der Waals surface area contributed by atoms with Crippen LogP contribution in [0.4, 0.5) is 10.1 Å². The van der Waals surface area contributed by atoms with E-state index in [1.54, 1.807) is 12.1 Å². The molecule has 2 unspecified atom stereocenters. The van der Waals surface area contributed by atoms with Gasteiger partial charge in [0.25, 0.3) is 0 Å². The number of hydrogen-bond acceptors (Lipinski definition) is 2. The van der Waals surface area contributed by atoms with E-state index in [9.17, 15) is 4.39 Å². The maximum atomic E-state index is 13.1. The van der Waals surface area contributed by atoms with E-state index in [-0.39, 0.29) is 16.4 Å². The summed E-state index contributed by atoms with van der Waals surface area (Å²) < 4.78 is 18.9. The molecule has 0 saturated carbocycles. The van der Waals surface area contributed by atoms with E-state index < -0.39 is 0 Å². The van der Waals surface area contributed by atoms with Gasteiger partial charge in [0, 0.05) is 18.3 Å². The molecule has 1 aromatic carbocycles. The molecule has 0 radical (unpaired) electrons.